The summed E-state index contributed by atoms with van der Waals surface area (Å²) in [6.45, 7) is 2.19. The number of hydrogen-bond donors (Lipinski definition) is 1. The molecule has 1 aromatic carbocycles. The zero-order valence-corrected chi connectivity index (χ0v) is 22.7. The topological polar surface area (TPSA) is 105 Å². The van der Waals surface area contributed by atoms with Crippen LogP contribution < -0.4 is 21.7 Å². The summed E-state index contributed by atoms with van der Waals surface area (Å²) < 4.78 is 47.0. The monoisotopic (exact) mass is 579 g/mol. The number of nitrogens with zero attached hydrogens (tertiary/aromatic N) is 4. The highest BCUT2D eigenvalue weighted by Gasteiger charge is 2.34. The van der Waals surface area contributed by atoms with E-state index in [4.69, 9.17) is 22.1 Å². The molecule has 3 heterocycles. The highest BCUT2D eigenvalue weighted by molar-refractivity contribution is 7.19. The quantitative estimate of drug-likeness (QED) is 0.348. The molecule has 0 aliphatic heterocycles. The first kappa shape index (κ1) is 27.4. The molecule has 8 nitrogen and oxygen atoms in total. The number of alkyl halides is 3. The number of thiophene rings is 1. The predicted molar refractivity (Wildman–Crippen MR) is 144 cm³/mol. The van der Waals surface area contributed by atoms with Crippen molar-refractivity contribution in [2.75, 3.05) is 0 Å². The van der Waals surface area contributed by atoms with Crippen molar-refractivity contribution in [3.63, 3.8) is 0 Å². The maximum absolute atomic E-state index is 12.9. The summed E-state index contributed by atoms with van der Waals surface area (Å²) in [6.07, 6.45) is -0.0726. The molecule has 1 aliphatic rings. The minimum absolute atomic E-state index is 0.0707. The van der Waals surface area contributed by atoms with Gasteiger partial charge in [0.05, 0.1) is 22.5 Å². The van der Waals surface area contributed by atoms with Gasteiger partial charge in [0.15, 0.2) is 0 Å². The van der Waals surface area contributed by atoms with Gasteiger partial charge in [-0.25, -0.2) is 14.8 Å². The van der Waals surface area contributed by atoms with E-state index in [1.807, 2.05) is 19.9 Å². The van der Waals surface area contributed by atoms with E-state index in [0.29, 0.717) is 48.1 Å². The van der Waals surface area contributed by atoms with Crippen LogP contribution in [0, 0.1) is 6.92 Å². The highest BCUT2D eigenvalue weighted by atomic mass is 35.5. The highest BCUT2D eigenvalue weighted by Crippen LogP contribution is 2.42. The second-order valence-electron chi connectivity index (χ2n) is 10.2. The number of fused-ring (bicyclic) bond motifs is 1. The fourth-order valence-corrected chi connectivity index (χ4v) is 6.26. The molecule has 0 amide bonds. The lowest BCUT2D eigenvalue weighted by molar-refractivity contribution is -0.141. The molecular weight excluding hydrogens is 555 g/mol. The molecule has 13 heteroatoms. The van der Waals surface area contributed by atoms with E-state index in [9.17, 15) is 22.8 Å². The van der Waals surface area contributed by atoms with Crippen LogP contribution in [-0.2, 0) is 13.1 Å². The third-order valence-electron chi connectivity index (χ3n) is 6.68. The maximum Gasteiger partial charge on any atom is 0.406 e. The normalized spacial score (nSPS) is 19.6. The summed E-state index contributed by atoms with van der Waals surface area (Å²) in [5, 5.41) is 0.495. The van der Waals surface area contributed by atoms with Gasteiger partial charge < -0.3 is 10.5 Å². The summed E-state index contributed by atoms with van der Waals surface area (Å²) in [5.74, 6) is 0.631. The summed E-state index contributed by atoms with van der Waals surface area (Å²) in [5.41, 5.74) is 6.86. The standard InChI is InChI=1S/C26H25ClF3N5O3S/c1-14-7-15(27)8-18(22(14)38-16-3-5-25(2,31)10-16)21-23-19(32-13-33-21)9-17(39-23)11-35-20(36)4-6-34(24(35)37)12-26(28,29)30/h4,6-9,13,16H,3,5,10-12,31H2,1-2H3/t16-,25-/m0/s1. The lowest BCUT2D eigenvalue weighted by Crippen LogP contribution is -2.41. The number of ether oxygens (including phenoxy) is 1. The molecule has 1 fully saturated rings. The van der Waals surface area contributed by atoms with Gasteiger partial charge in [0.25, 0.3) is 5.56 Å². The van der Waals surface area contributed by atoms with Crippen LogP contribution in [0.3, 0.4) is 0 Å². The van der Waals surface area contributed by atoms with E-state index in [1.165, 1.54) is 17.7 Å². The summed E-state index contributed by atoms with van der Waals surface area (Å²) in [6, 6.07) is 6.20. The molecular formula is C26H25ClF3N5O3S. The summed E-state index contributed by atoms with van der Waals surface area (Å²) in [4.78, 5) is 34.5. The second-order valence-corrected chi connectivity index (χ2v) is 11.7. The SMILES string of the molecule is Cc1cc(Cl)cc(-c2ncnc3cc(Cn4c(=O)ccn(CC(F)(F)F)c4=O)sc23)c1O[C@H]1CC[C@](C)(N)C1. The molecule has 2 N–H and O–H groups in total. The van der Waals surface area contributed by atoms with Crippen molar-refractivity contribution in [2.24, 2.45) is 5.73 Å². The number of aryl methyl sites for hydroxylation is 1. The fourth-order valence-electron chi connectivity index (χ4n) is 4.89. The first-order valence-electron chi connectivity index (χ1n) is 12.2. The molecule has 0 spiro atoms. The van der Waals surface area contributed by atoms with Crippen LogP contribution in [0.4, 0.5) is 13.2 Å². The van der Waals surface area contributed by atoms with E-state index in [2.05, 4.69) is 9.97 Å². The van der Waals surface area contributed by atoms with Gasteiger partial charge in [-0.2, -0.15) is 13.2 Å². The third-order valence-corrected chi connectivity index (χ3v) is 8.01. The summed E-state index contributed by atoms with van der Waals surface area (Å²) >= 11 is 7.66. The Bertz CT molecular complexity index is 1680. The van der Waals surface area contributed by atoms with Gasteiger partial charge in [-0.05, 0) is 50.5 Å². The average molecular weight is 580 g/mol. The van der Waals surface area contributed by atoms with E-state index in [0.717, 1.165) is 35.2 Å². The zero-order valence-electron chi connectivity index (χ0n) is 21.1. The average Bonchev–Trinajstić information content (AvgIpc) is 3.41. The molecule has 4 aromatic rings. The number of aromatic nitrogens is 4. The largest absolute Gasteiger partial charge is 0.489 e. The van der Waals surface area contributed by atoms with Gasteiger partial charge in [-0.1, -0.05) is 11.6 Å². The molecule has 3 aromatic heterocycles. The van der Waals surface area contributed by atoms with E-state index >= 15 is 0 Å². The van der Waals surface area contributed by atoms with Crippen molar-refractivity contribution in [3.05, 3.63) is 73.1 Å². The minimum atomic E-state index is -4.61. The van der Waals surface area contributed by atoms with Crippen LogP contribution in [0.5, 0.6) is 5.75 Å². The Hall–Kier alpha value is -3.22. The van der Waals surface area contributed by atoms with Crippen LogP contribution in [0.15, 0.2) is 46.4 Å². The molecule has 0 bridgehead atoms. The van der Waals surface area contributed by atoms with Crippen molar-refractivity contribution in [2.45, 2.75) is 64.0 Å². The van der Waals surface area contributed by atoms with Crippen molar-refractivity contribution >= 4 is 33.2 Å². The van der Waals surface area contributed by atoms with Crippen molar-refractivity contribution < 1.29 is 17.9 Å². The Morgan fingerprint density at radius 1 is 1.26 bits per heavy atom. The Balaban J connectivity index is 1.55. The minimum Gasteiger partial charge on any atom is -0.489 e. The lowest BCUT2D eigenvalue weighted by Gasteiger charge is -2.21. The Labute approximate surface area is 229 Å². The van der Waals surface area contributed by atoms with E-state index < -0.39 is 24.0 Å². The van der Waals surface area contributed by atoms with Crippen LogP contribution in [0.2, 0.25) is 5.02 Å². The van der Waals surface area contributed by atoms with Crippen LogP contribution in [0.25, 0.3) is 21.5 Å². The zero-order chi connectivity index (χ0) is 28.1. The van der Waals surface area contributed by atoms with Gasteiger partial charge in [0.1, 0.15) is 24.7 Å². The van der Waals surface area contributed by atoms with Gasteiger partial charge in [0.2, 0.25) is 0 Å². The molecule has 39 heavy (non-hydrogen) atoms. The Kier molecular flexibility index (Phi) is 7.06. The molecule has 0 radical (unpaired) electrons. The first-order valence-corrected chi connectivity index (χ1v) is 13.4. The molecule has 5 rings (SSSR count). The van der Waals surface area contributed by atoms with Gasteiger partial charge in [-0.15, -0.1) is 11.3 Å². The lowest BCUT2D eigenvalue weighted by atomic mass is 10.0. The van der Waals surface area contributed by atoms with Crippen molar-refractivity contribution in [1.82, 2.24) is 19.1 Å². The van der Waals surface area contributed by atoms with E-state index in [1.54, 1.807) is 12.1 Å². The van der Waals surface area contributed by atoms with E-state index in [-0.39, 0.29) is 18.2 Å². The smallest absolute Gasteiger partial charge is 0.406 e. The predicted octanol–water partition coefficient (Wildman–Crippen LogP) is 4.90. The fraction of sp³-hybridized carbons (Fsp3) is 0.385. The van der Waals surface area contributed by atoms with Crippen LogP contribution in [-0.4, -0.2) is 36.9 Å². The number of hydrogen-bond acceptors (Lipinski definition) is 7. The van der Waals surface area contributed by atoms with Crippen LogP contribution >= 0.6 is 22.9 Å². The van der Waals surface area contributed by atoms with Crippen LogP contribution in [0.1, 0.15) is 36.6 Å². The second kappa shape index (κ2) is 10.1. The molecule has 1 aliphatic carbocycles. The molecule has 0 unspecified atom stereocenters. The van der Waals surface area contributed by atoms with Crippen molar-refractivity contribution in [1.29, 1.82) is 0 Å². The van der Waals surface area contributed by atoms with Gasteiger partial charge >= 0.3 is 11.9 Å². The Morgan fingerprint density at radius 3 is 2.72 bits per heavy atom. The number of benzene rings is 1. The Morgan fingerprint density at radius 2 is 2.03 bits per heavy atom. The number of nitrogens with two attached hydrogens (primary N) is 1. The van der Waals surface area contributed by atoms with Crippen molar-refractivity contribution in [3.8, 4) is 17.0 Å². The summed E-state index contributed by atoms with van der Waals surface area (Å²) in [7, 11) is 0. The molecule has 206 valence electrons. The first-order chi connectivity index (χ1) is 18.3. The maximum atomic E-state index is 12.9. The molecule has 0 saturated heterocycles. The number of halogens is 4. The number of rotatable bonds is 6. The third kappa shape index (κ3) is 5.87. The molecule has 1 saturated carbocycles. The van der Waals surface area contributed by atoms with Gasteiger partial charge in [-0.3, -0.25) is 13.9 Å². The molecule has 2 atom stereocenters. The van der Waals surface area contributed by atoms with Gasteiger partial charge in [0, 0.05) is 39.7 Å².